The number of nitrogens with zero attached hydrogens (tertiary/aromatic N) is 4. The molecule has 0 N–H and O–H groups in total. The van der Waals surface area contributed by atoms with Crippen LogP contribution in [0.1, 0.15) is 0 Å². The first-order valence-electron chi connectivity index (χ1n) is 20.0. The second-order valence-electron chi connectivity index (χ2n) is 15.3. The molecule has 0 saturated carbocycles. The van der Waals surface area contributed by atoms with Crippen LogP contribution in [-0.2, 0) is 0 Å². The largest absolute Gasteiger partial charge is 0.308 e. The maximum absolute atomic E-state index is 5.10. The van der Waals surface area contributed by atoms with Gasteiger partial charge in [0, 0.05) is 52.3 Å². The topological polar surface area (TPSA) is 43.6 Å². The van der Waals surface area contributed by atoms with Gasteiger partial charge in [0.25, 0.3) is 0 Å². The Balaban J connectivity index is 1.02. The first kappa shape index (κ1) is 33.2. The third kappa shape index (κ3) is 5.42. The monoisotopic (exact) mass is 750 g/mol. The molecular weight excluding hydrogens is 717 g/mol. The van der Waals surface area contributed by atoms with Crippen molar-refractivity contribution < 1.29 is 0 Å². The van der Waals surface area contributed by atoms with Crippen molar-refractivity contribution >= 4 is 64.9 Å². The molecule has 0 spiro atoms. The van der Waals surface area contributed by atoms with Gasteiger partial charge in [-0.15, -0.1) is 0 Å². The van der Waals surface area contributed by atoms with E-state index in [1.807, 2.05) is 31.0 Å². The first-order valence-corrected chi connectivity index (χ1v) is 20.0. The number of pyridine rings is 3. The van der Waals surface area contributed by atoms with Crippen molar-refractivity contribution in [3.05, 3.63) is 207 Å². The molecule has 0 amide bonds. The van der Waals surface area contributed by atoms with Crippen molar-refractivity contribution in [2.45, 2.75) is 0 Å². The van der Waals surface area contributed by atoms with Crippen LogP contribution in [0.3, 0.4) is 0 Å². The average Bonchev–Trinajstić information content (AvgIpc) is 3.65. The van der Waals surface area contributed by atoms with Gasteiger partial charge in [-0.05, 0) is 108 Å². The summed E-state index contributed by atoms with van der Waals surface area (Å²) in [5, 5.41) is 12.1. The van der Waals surface area contributed by atoms with Crippen LogP contribution in [0.2, 0.25) is 0 Å². The zero-order chi connectivity index (χ0) is 38.9. The maximum atomic E-state index is 5.10. The minimum absolute atomic E-state index is 0.916. The van der Waals surface area contributed by atoms with E-state index in [9.17, 15) is 0 Å². The van der Waals surface area contributed by atoms with Crippen LogP contribution < -0.4 is 0 Å². The fraction of sp³-hybridized carbons (Fsp3) is 0. The highest BCUT2D eigenvalue weighted by Gasteiger charge is 2.19. The molecule has 12 aromatic rings. The van der Waals surface area contributed by atoms with Crippen molar-refractivity contribution in [1.29, 1.82) is 0 Å². The minimum atomic E-state index is 0.916. The third-order valence-corrected chi connectivity index (χ3v) is 11.9. The summed E-state index contributed by atoms with van der Waals surface area (Å²) >= 11 is 0. The van der Waals surface area contributed by atoms with Crippen LogP contribution in [0.5, 0.6) is 0 Å². The Morgan fingerprint density at radius 3 is 1.63 bits per heavy atom. The summed E-state index contributed by atoms with van der Waals surface area (Å²) in [5.41, 5.74) is 12.1. The number of fused-ring (bicyclic) bond motifs is 7. The lowest BCUT2D eigenvalue weighted by molar-refractivity contribution is 1.14. The van der Waals surface area contributed by atoms with E-state index < -0.39 is 0 Å². The molecule has 8 aromatic carbocycles. The molecule has 274 valence electrons. The fourth-order valence-corrected chi connectivity index (χ4v) is 9.19. The molecule has 0 fully saturated rings. The van der Waals surface area contributed by atoms with Crippen molar-refractivity contribution in [3.8, 4) is 50.3 Å². The second-order valence-corrected chi connectivity index (χ2v) is 15.3. The molecule has 4 heteroatoms. The summed E-state index contributed by atoms with van der Waals surface area (Å²) in [6, 6.07) is 63.7. The zero-order valence-corrected chi connectivity index (χ0v) is 31.9. The van der Waals surface area contributed by atoms with Gasteiger partial charge in [-0.1, -0.05) is 133 Å². The second kappa shape index (κ2) is 13.3. The number of aromatic nitrogens is 4. The molecule has 0 aliphatic carbocycles. The van der Waals surface area contributed by atoms with Crippen LogP contribution in [0.4, 0.5) is 0 Å². The number of hydrogen-bond acceptors (Lipinski definition) is 3. The van der Waals surface area contributed by atoms with Crippen LogP contribution in [0, 0.1) is 0 Å². The minimum Gasteiger partial charge on any atom is -0.308 e. The smallest absolute Gasteiger partial charge is 0.0702 e. The van der Waals surface area contributed by atoms with Crippen molar-refractivity contribution in [3.63, 3.8) is 0 Å². The highest BCUT2D eigenvalue weighted by Crippen LogP contribution is 2.46. The Morgan fingerprint density at radius 2 is 0.915 bits per heavy atom. The van der Waals surface area contributed by atoms with E-state index in [4.69, 9.17) is 9.97 Å². The first-order chi connectivity index (χ1) is 29.2. The van der Waals surface area contributed by atoms with Crippen LogP contribution in [0.15, 0.2) is 207 Å². The summed E-state index contributed by atoms with van der Waals surface area (Å²) < 4.78 is 2.27. The summed E-state index contributed by atoms with van der Waals surface area (Å²) in [4.78, 5) is 14.2. The lowest BCUT2D eigenvalue weighted by atomic mass is 9.84. The Labute approximate surface area is 340 Å². The number of benzene rings is 8. The van der Waals surface area contributed by atoms with Crippen molar-refractivity contribution in [2.24, 2.45) is 0 Å². The van der Waals surface area contributed by atoms with Crippen molar-refractivity contribution in [1.82, 2.24) is 19.5 Å². The van der Waals surface area contributed by atoms with Crippen LogP contribution in [-0.4, -0.2) is 19.5 Å². The predicted molar refractivity (Wildman–Crippen MR) is 246 cm³/mol. The Hall–Kier alpha value is -7.95. The SMILES string of the molecule is c1ccc2cc(-c3c4ccccc4c(-c4ccc5ccccc5c4)c4cc(-c5ccc(-c6cncc(-n7c8ccccc8c8cnccc87)c6)cn5)ccc34)ccc2c1. The van der Waals surface area contributed by atoms with E-state index in [0.29, 0.717) is 0 Å². The van der Waals surface area contributed by atoms with Crippen LogP contribution >= 0.6 is 0 Å². The highest BCUT2D eigenvalue weighted by atomic mass is 15.0. The molecule has 4 nitrogen and oxygen atoms in total. The number of rotatable bonds is 5. The van der Waals surface area contributed by atoms with Gasteiger partial charge in [0.15, 0.2) is 0 Å². The Bertz CT molecular complexity index is 3570. The average molecular weight is 751 g/mol. The van der Waals surface area contributed by atoms with E-state index >= 15 is 0 Å². The Kier molecular flexibility index (Phi) is 7.50. The summed E-state index contributed by atoms with van der Waals surface area (Å²) in [6.45, 7) is 0. The molecule has 4 heterocycles. The molecule has 0 atom stereocenters. The molecule has 0 aliphatic heterocycles. The molecule has 0 aliphatic rings. The fourth-order valence-electron chi connectivity index (χ4n) is 9.19. The van der Waals surface area contributed by atoms with Crippen molar-refractivity contribution in [2.75, 3.05) is 0 Å². The lowest BCUT2D eigenvalue weighted by Crippen LogP contribution is -1.96. The molecule has 0 bridgehead atoms. The van der Waals surface area contributed by atoms with Gasteiger partial charge in [0.2, 0.25) is 0 Å². The van der Waals surface area contributed by atoms with Gasteiger partial charge >= 0.3 is 0 Å². The normalized spacial score (nSPS) is 11.7. The third-order valence-electron chi connectivity index (χ3n) is 11.9. The summed E-state index contributed by atoms with van der Waals surface area (Å²) in [6.07, 6.45) is 9.61. The quantitative estimate of drug-likeness (QED) is 0.165. The molecule has 0 unspecified atom stereocenters. The van der Waals surface area contributed by atoms with E-state index in [0.717, 1.165) is 44.5 Å². The summed E-state index contributed by atoms with van der Waals surface area (Å²) in [7, 11) is 0. The maximum Gasteiger partial charge on any atom is 0.0702 e. The molecule has 0 radical (unpaired) electrons. The highest BCUT2D eigenvalue weighted by molar-refractivity contribution is 6.22. The van der Waals surface area contributed by atoms with Gasteiger partial charge in [0.1, 0.15) is 0 Å². The van der Waals surface area contributed by atoms with E-state index in [1.54, 1.807) is 0 Å². The van der Waals surface area contributed by atoms with Gasteiger partial charge in [0.05, 0.1) is 28.6 Å². The molecular formula is C55H34N4. The Morgan fingerprint density at radius 1 is 0.322 bits per heavy atom. The lowest BCUT2D eigenvalue weighted by Gasteiger charge is -2.19. The van der Waals surface area contributed by atoms with Gasteiger partial charge in [-0.2, -0.15) is 0 Å². The zero-order valence-electron chi connectivity index (χ0n) is 31.9. The van der Waals surface area contributed by atoms with Gasteiger partial charge < -0.3 is 4.57 Å². The molecule has 59 heavy (non-hydrogen) atoms. The molecule has 12 rings (SSSR count). The van der Waals surface area contributed by atoms with Gasteiger partial charge in [-0.3, -0.25) is 15.0 Å². The van der Waals surface area contributed by atoms with E-state index in [2.05, 4.69) is 185 Å². The van der Waals surface area contributed by atoms with E-state index in [1.165, 1.54) is 70.7 Å². The molecule has 4 aromatic heterocycles. The standard InChI is InChI=1S/C55H34N4/c1-3-11-37-27-40(19-17-35(37)9-1)54-46-14-5-6-15-47(46)55(41-20-18-36-10-2-4-12-38(36)28-41)49-30-39(21-23-48(49)54)51-24-22-42(32-58-51)43-29-44(33-57-31-43)59-52-16-8-7-13-45(52)50-34-56-26-25-53(50)59/h1-34H. The van der Waals surface area contributed by atoms with Crippen LogP contribution in [0.25, 0.3) is 115 Å². The predicted octanol–water partition coefficient (Wildman–Crippen LogP) is 14.2. The summed E-state index contributed by atoms with van der Waals surface area (Å²) in [5.74, 6) is 0. The molecule has 0 saturated heterocycles. The number of para-hydroxylation sites is 1. The van der Waals surface area contributed by atoms with E-state index in [-0.39, 0.29) is 0 Å². The number of hydrogen-bond donors (Lipinski definition) is 0. The van der Waals surface area contributed by atoms with Gasteiger partial charge in [-0.25, -0.2) is 0 Å².